The lowest BCUT2D eigenvalue weighted by Crippen LogP contribution is -2.39. The molecule has 0 aliphatic carbocycles. The molecule has 0 aromatic heterocycles. The van der Waals surface area contributed by atoms with Crippen molar-refractivity contribution in [3.63, 3.8) is 0 Å². The maximum absolute atomic E-state index is 11.2. The molecule has 0 bridgehead atoms. The van der Waals surface area contributed by atoms with Crippen LogP contribution in [-0.2, 0) is 14.4 Å². The van der Waals surface area contributed by atoms with Crippen LogP contribution in [-0.4, -0.2) is 24.3 Å². The van der Waals surface area contributed by atoms with Gasteiger partial charge in [-0.05, 0) is 6.92 Å². The molecule has 2 N–H and O–H groups in total. The van der Waals surface area contributed by atoms with E-state index in [1.54, 1.807) is 6.92 Å². The van der Waals surface area contributed by atoms with E-state index < -0.39 is 5.41 Å². The molecule has 1 unspecified atom stereocenters. The first kappa shape index (κ1) is 9.70. The Labute approximate surface area is 75.9 Å². The predicted molar refractivity (Wildman–Crippen MR) is 44.6 cm³/mol. The second-order valence-electron chi connectivity index (χ2n) is 3.52. The van der Waals surface area contributed by atoms with Crippen molar-refractivity contribution < 1.29 is 14.4 Å². The smallest absolute Gasteiger partial charge is 0.234 e. The molecule has 1 saturated heterocycles. The van der Waals surface area contributed by atoms with Gasteiger partial charge in [-0.25, -0.2) is 0 Å². The molecule has 1 atom stereocenters. The quantitative estimate of drug-likeness (QED) is 0.550. The number of hydrogen-bond donors (Lipinski definition) is 2. The third-order valence-corrected chi connectivity index (χ3v) is 2.08. The van der Waals surface area contributed by atoms with Gasteiger partial charge < -0.3 is 5.32 Å². The Bertz CT molecular complexity index is 275. The van der Waals surface area contributed by atoms with E-state index >= 15 is 0 Å². The van der Waals surface area contributed by atoms with Gasteiger partial charge in [0, 0.05) is 19.9 Å². The zero-order valence-corrected chi connectivity index (χ0v) is 7.64. The summed E-state index contributed by atoms with van der Waals surface area (Å²) in [6, 6.07) is 0. The van der Waals surface area contributed by atoms with Gasteiger partial charge in [-0.3, -0.25) is 19.7 Å². The molecule has 1 aliphatic heterocycles. The number of amides is 3. The normalized spacial score (nSPS) is 27.2. The largest absolute Gasteiger partial charge is 0.355 e. The zero-order chi connectivity index (χ0) is 10.1. The maximum Gasteiger partial charge on any atom is 0.234 e. The molecule has 0 aromatic rings. The minimum Gasteiger partial charge on any atom is -0.355 e. The Morgan fingerprint density at radius 3 is 2.62 bits per heavy atom. The van der Waals surface area contributed by atoms with E-state index in [0.29, 0.717) is 0 Å². The van der Waals surface area contributed by atoms with E-state index in [4.69, 9.17) is 0 Å². The van der Waals surface area contributed by atoms with Crippen LogP contribution in [0.5, 0.6) is 0 Å². The Kier molecular flexibility index (Phi) is 2.36. The molecule has 5 nitrogen and oxygen atoms in total. The van der Waals surface area contributed by atoms with Crippen molar-refractivity contribution in [3.8, 4) is 0 Å². The number of carbonyl (C=O) groups is 3. The molecule has 0 radical (unpaired) electrons. The first-order valence-electron chi connectivity index (χ1n) is 4.03. The number of carbonyl (C=O) groups excluding carboxylic acids is 3. The summed E-state index contributed by atoms with van der Waals surface area (Å²) in [7, 11) is 0. The molecule has 72 valence electrons. The van der Waals surface area contributed by atoms with Crippen LogP contribution < -0.4 is 10.6 Å². The summed E-state index contributed by atoms with van der Waals surface area (Å²) in [5, 5.41) is 4.73. The number of rotatable bonds is 2. The van der Waals surface area contributed by atoms with Crippen molar-refractivity contribution >= 4 is 17.7 Å². The van der Waals surface area contributed by atoms with E-state index in [1.165, 1.54) is 6.92 Å². The Balaban J connectivity index is 2.60. The van der Waals surface area contributed by atoms with Crippen molar-refractivity contribution in [3.05, 3.63) is 0 Å². The standard InChI is InChI=1S/C8H12N2O3/c1-5(11)9-4-8(2)3-6(12)10-7(8)13/h3-4H2,1-2H3,(H,9,11)(H,10,12,13). The van der Waals surface area contributed by atoms with E-state index in [2.05, 4.69) is 10.6 Å². The number of imide groups is 1. The fraction of sp³-hybridized carbons (Fsp3) is 0.625. The van der Waals surface area contributed by atoms with Gasteiger partial charge >= 0.3 is 0 Å². The predicted octanol–water partition coefficient (Wildman–Crippen LogP) is -0.825. The molecular weight excluding hydrogens is 172 g/mol. The minimum absolute atomic E-state index is 0.145. The van der Waals surface area contributed by atoms with Gasteiger partial charge in [-0.1, -0.05) is 0 Å². The van der Waals surface area contributed by atoms with E-state index in [0.717, 1.165) is 0 Å². The first-order chi connectivity index (χ1) is 5.94. The molecule has 5 heteroatoms. The molecule has 0 saturated carbocycles. The molecule has 1 aliphatic rings. The van der Waals surface area contributed by atoms with Crippen molar-refractivity contribution in [2.75, 3.05) is 6.54 Å². The van der Waals surface area contributed by atoms with Crippen molar-refractivity contribution in [2.45, 2.75) is 20.3 Å². The lowest BCUT2D eigenvalue weighted by atomic mass is 9.89. The maximum atomic E-state index is 11.2. The summed E-state index contributed by atoms with van der Waals surface area (Å²) >= 11 is 0. The van der Waals surface area contributed by atoms with Crippen molar-refractivity contribution in [2.24, 2.45) is 5.41 Å². The lowest BCUT2D eigenvalue weighted by molar-refractivity contribution is -0.128. The highest BCUT2D eigenvalue weighted by Gasteiger charge is 2.42. The SMILES string of the molecule is CC(=O)NCC1(C)CC(=O)NC1=O. The highest BCUT2D eigenvalue weighted by molar-refractivity contribution is 6.05. The van der Waals surface area contributed by atoms with Gasteiger partial charge in [-0.15, -0.1) is 0 Å². The molecule has 3 amide bonds. The molecule has 1 fully saturated rings. The third kappa shape index (κ3) is 2.05. The lowest BCUT2D eigenvalue weighted by Gasteiger charge is -2.18. The fourth-order valence-corrected chi connectivity index (χ4v) is 1.22. The van der Waals surface area contributed by atoms with Gasteiger partial charge in [0.1, 0.15) is 0 Å². The van der Waals surface area contributed by atoms with E-state index in [9.17, 15) is 14.4 Å². The van der Waals surface area contributed by atoms with Gasteiger partial charge in [0.25, 0.3) is 0 Å². The molecular formula is C8H12N2O3. The van der Waals surface area contributed by atoms with Crippen LogP contribution in [0.2, 0.25) is 0 Å². The van der Waals surface area contributed by atoms with Gasteiger partial charge in [0.05, 0.1) is 5.41 Å². The molecule has 0 aromatic carbocycles. The topological polar surface area (TPSA) is 75.3 Å². The van der Waals surface area contributed by atoms with Crippen LogP contribution in [0.3, 0.4) is 0 Å². The van der Waals surface area contributed by atoms with Crippen LogP contribution in [0.4, 0.5) is 0 Å². The van der Waals surface area contributed by atoms with Gasteiger partial charge in [-0.2, -0.15) is 0 Å². The average Bonchev–Trinajstić information content (AvgIpc) is 2.23. The third-order valence-electron chi connectivity index (χ3n) is 2.08. The molecule has 1 rings (SSSR count). The van der Waals surface area contributed by atoms with Crippen molar-refractivity contribution in [1.29, 1.82) is 0 Å². The summed E-state index contributed by atoms with van der Waals surface area (Å²) in [5.74, 6) is -0.794. The fourth-order valence-electron chi connectivity index (χ4n) is 1.22. The van der Waals surface area contributed by atoms with Crippen LogP contribution in [0.15, 0.2) is 0 Å². The second kappa shape index (κ2) is 3.16. The summed E-state index contributed by atoms with van der Waals surface area (Å²) in [6.07, 6.45) is 0.145. The molecule has 13 heavy (non-hydrogen) atoms. The Hall–Kier alpha value is -1.39. The Morgan fingerprint density at radius 2 is 2.23 bits per heavy atom. The molecule has 0 spiro atoms. The van der Waals surface area contributed by atoms with Crippen molar-refractivity contribution in [1.82, 2.24) is 10.6 Å². The summed E-state index contributed by atoms with van der Waals surface area (Å²) in [5.41, 5.74) is -0.775. The van der Waals surface area contributed by atoms with E-state index in [-0.39, 0.29) is 30.7 Å². The summed E-state index contributed by atoms with van der Waals surface area (Å²) in [6.45, 7) is 3.24. The zero-order valence-electron chi connectivity index (χ0n) is 7.64. The first-order valence-corrected chi connectivity index (χ1v) is 4.03. The van der Waals surface area contributed by atoms with Crippen LogP contribution in [0, 0.1) is 5.41 Å². The highest BCUT2D eigenvalue weighted by atomic mass is 16.2. The summed E-state index contributed by atoms with van der Waals surface area (Å²) < 4.78 is 0. The number of hydrogen-bond acceptors (Lipinski definition) is 3. The summed E-state index contributed by atoms with van der Waals surface area (Å²) in [4.78, 5) is 32.7. The minimum atomic E-state index is -0.775. The van der Waals surface area contributed by atoms with Crippen LogP contribution >= 0.6 is 0 Å². The number of nitrogens with one attached hydrogen (secondary N) is 2. The second-order valence-corrected chi connectivity index (χ2v) is 3.52. The molecule has 1 heterocycles. The van der Waals surface area contributed by atoms with E-state index in [1.807, 2.05) is 0 Å². The monoisotopic (exact) mass is 184 g/mol. The van der Waals surface area contributed by atoms with Gasteiger partial charge in [0.2, 0.25) is 17.7 Å². The van der Waals surface area contributed by atoms with Crippen LogP contribution in [0.25, 0.3) is 0 Å². The highest BCUT2D eigenvalue weighted by Crippen LogP contribution is 2.25. The van der Waals surface area contributed by atoms with Gasteiger partial charge in [0.15, 0.2) is 0 Å². The average molecular weight is 184 g/mol. The Morgan fingerprint density at radius 1 is 1.62 bits per heavy atom. The van der Waals surface area contributed by atoms with Crippen LogP contribution in [0.1, 0.15) is 20.3 Å².